The first-order valence-corrected chi connectivity index (χ1v) is 7.24. The van der Waals surface area contributed by atoms with Gasteiger partial charge in [0.25, 0.3) is 5.89 Å². The molecule has 0 saturated carbocycles. The van der Waals surface area contributed by atoms with E-state index in [2.05, 4.69) is 16.2 Å². The van der Waals surface area contributed by atoms with Crippen LogP contribution in [-0.2, 0) is 12.0 Å². The van der Waals surface area contributed by atoms with Gasteiger partial charge >= 0.3 is 0 Å². The van der Waals surface area contributed by atoms with E-state index in [1.807, 2.05) is 48.7 Å². The van der Waals surface area contributed by atoms with Crippen LogP contribution in [0.2, 0.25) is 0 Å². The number of rotatable bonds is 4. The molecular formula is C15H15N3OS. The van der Waals surface area contributed by atoms with Gasteiger partial charge < -0.3 is 10.3 Å². The van der Waals surface area contributed by atoms with Gasteiger partial charge in [-0.25, -0.2) is 0 Å². The van der Waals surface area contributed by atoms with Gasteiger partial charge in [0.05, 0.1) is 0 Å². The molecule has 0 spiro atoms. The highest BCUT2D eigenvalue weighted by Crippen LogP contribution is 2.25. The number of benzene rings is 1. The van der Waals surface area contributed by atoms with E-state index in [1.54, 1.807) is 11.3 Å². The fraction of sp³-hybridized carbons (Fsp3) is 0.200. The van der Waals surface area contributed by atoms with Crippen LogP contribution in [0.3, 0.4) is 0 Å². The molecule has 102 valence electrons. The van der Waals surface area contributed by atoms with Gasteiger partial charge in [0.15, 0.2) is 5.82 Å². The van der Waals surface area contributed by atoms with E-state index in [0.717, 1.165) is 5.56 Å². The second-order valence-electron chi connectivity index (χ2n) is 4.84. The van der Waals surface area contributed by atoms with E-state index in [9.17, 15) is 0 Å². The molecule has 2 heterocycles. The van der Waals surface area contributed by atoms with Crippen LogP contribution in [0.4, 0.5) is 0 Å². The Morgan fingerprint density at radius 2 is 2.00 bits per heavy atom. The summed E-state index contributed by atoms with van der Waals surface area (Å²) in [6.45, 7) is 1.88. The molecule has 0 saturated heterocycles. The van der Waals surface area contributed by atoms with Gasteiger partial charge in [-0.15, -0.1) is 11.3 Å². The molecule has 0 aliphatic heterocycles. The van der Waals surface area contributed by atoms with Crippen LogP contribution in [0, 0.1) is 0 Å². The van der Waals surface area contributed by atoms with Crippen molar-refractivity contribution in [3.63, 3.8) is 0 Å². The standard InChI is InChI=1S/C15H15N3OS/c1-15(16,11-6-3-2-4-7-11)14-17-13(18-19-14)10-12-8-5-9-20-12/h2-9H,10,16H2,1H3. The number of nitrogens with two attached hydrogens (primary N) is 1. The van der Waals surface area contributed by atoms with E-state index < -0.39 is 5.54 Å². The molecule has 0 bridgehead atoms. The summed E-state index contributed by atoms with van der Waals surface area (Å²) in [5.74, 6) is 1.10. The molecule has 20 heavy (non-hydrogen) atoms. The van der Waals surface area contributed by atoms with Gasteiger partial charge in [-0.05, 0) is 23.9 Å². The van der Waals surface area contributed by atoms with E-state index >= 15 is 0 Å². The molecule has 2 aromatic heterocycles. The zero-order chi connectivity index (χ0) is 14.0. The van der Waals surface area contributed by atoms with Crippen molar-refractivity contribution in [1.29, 1.82) is 0 Å². The number of hydrogen-bond donors (Lipinski definition) is 1. The van der Waals surface area contributed by atoms with Gasteiger partial charge in [0.2, 0.25) is 0 Å². The molecule has 2 N–H and O–H groups in total. The SMILES string of the molecule is CC(N)(c1ccccc1)c1nc(Cc2cccs2)no1. The predicted molar refractivity (Wildman–Crippen MR) is 78.5 cm³/mol. The van der Waals surface area contributed by atoms with Crippen LogP contribution in [0.25, 0.3) is 0 Å². The third kappa shape index (κ3) is 2.50. The Kier molecular flexibility index (Phi) is 3.38. The van der Waals surface area contributed by atoms with Crippen molar-refractivity contribution in [1.82, 2.24) is 10.1 Å². The first-order chi connectivity index (χ1) is 9.66. The Morgan fingerprint density at radius 3 is 2.70 bits per heavy atom. The smallest absolute Gasteiger partial charge is 0.251 e. The normalized spacial score (nSPS) is 14.1. The largest absolute Gasteiger partial charge is 0.337 e. The average molecular weight is 285 g/mol. The van der Waals surface area contributed by atoms with Crippen LogP contribution >= 0.6 is 11.3 Å². The molecule has 4 nitrogen and oxygen atoms in total. The number of hydrogen-bond acceptors (Lipinski definition) is 5. The van der Waals surface area contributed by atoms with Crippen molar-refractivity contribution in [3.8, 4) is 0 Å². The summed E-state index contributed by atoms with van der Waals surface area (Å²) in [5.41, 5.74) is 6.53. The zero-order valence-corrected chi connectivity index (χ0v) is 11.9. The van der Waals surface area contributed by atoms with Gasteiger partial charge in [-0.3, -0.25) is 0 Å². The topological polar surface area (TPSA) is 64.9 Å². The molecule has 0 fully saturated rings. The number of thiophene rings is 1. The van der Waals surface area contributed by atoms with Crippen LogP contribution in [-0.4, -0.2) is 10.1 Å². The van der Waals surface area contributed by atoms with Crippen molar-refractivity contribution in [2.24, 2.45) is 5.73 Å². The third-order valence-corrected chi connectivity index (χ3v) is 4.07. The van der Waals surface area contributed by atoms with E-state index in [4.69, 9.17) is 10.3 Å². The molecule has 1 atom stereocenters. The van der Waals surface area contributed by atoms with Crippen molar-refractivity contribution in [2.45, 2.75) is 18.9 Å². The van der Waals surface area contributed by atoms with Crippen LogP contribution in [0.15, 0.2) is 52.4 Å². The van der Waals surface area contributed by atoms with Crippen LogP contribution in [0.1, 0.15) is 29.1 Å². The third-order valence-electron chi connectivity index (χ3n) is 3.20. The van der Waals surface area contributed by atoms with Crippen LogP contribution in [0.5, 0.6) is 0 Å². The predicted octanol–water partition coefficient (Wildman–Crippen LogP) is 2.94. The minimum Gasteiger partial charge on any atom is -0.337 e. The van der Waals surface area contributed by atoms with Gasteiger partial charge in [-0.2, -0.15) is 4.98 Å². The highest BCUT2D eigenvalue weighted by atomic mass is 32.1. The maximum absolute atomic E-state index is 6.35. The lowest BCUT2D eigenvalue weighted by Gasteiger charge is -2.20. The first-order valence-electron chi connectivity index (χ1n) is 6.36. The minimum absolute atomic E-state index is 0.440. The highest BCUT2D eigenvalue weighted by molar-refractivity contribution is 7.09. The molecule has 1 aromatic carbocycles. The monoisotopic (exact) mass is 285 g/mol. The summed E-state index contributed by atoms with van der Waals surface area (Å²) in [6.07, 6.45) is 0.673. The summed E-state index contributed by atoms with van der Waals surface area (Å²) in [5, 5.41) is 6.06. The number of aromatic nitrogens is 2. The fourth-order valence-electron chi connectivity index (χ4n) is 2.01. The highest BCUT2D eigenvalue weighted by Gasteiger charge is 2.30. The van der Waals surface area contributed by atoms with Gasteiger partial charge in [0, 0.05) is 11.3 Å². The molecular weight excluding hydrogens is 270 g/mol. The van der Waals surface area contributed by atoms with E-state index in [0.29, 0.717) is 18.1 Å². The van der Waals surface area contributed by atoms with Crippen molar-refractivity contribution >= 4 is 11.3 Å². The Labute approximate surface area is 121 Å². The maximum Gasteiger partial charge on any atom is 0.251 e. The lowest BCUT2D eigenvalue weighted by Crippen LogP contribution is -2.34. The van der Waals surface area contributed by atoms with Crippen molar-refractivity contribution in [2.75, 3.05) is 0 Å². The van der Waals surface area contributed by atoms with Crippen LogP contribution < -0.4 is 5.73 Å². The number of nitrogens with zero attached hydrogens (tertiary/aromatic N) is 2. The molecule has 3 aromatic rings. The minimum atomic E-state index is -0.776. The Hall–Kier alpha value is -1.98. The Morgan fingerprint density at radius 1 is 1.20 bits per heavy atom. The molecule has 0 radical (unpaired) electrons. The quantitative estimate of drug-likeness (QED) is 0.800. The average Bonchev–Trinajstić information content (AvgIpc) is 3.12. The maximum atomic E-state index is 6.35. The van der Waals surface area contributed by atoms with Crippen molar-refractivity contribution in [3.05, 3.63) is 70.0 Å². The summed E-state index contributed by atoms with van der Waals surface area (Å²) in [7, 11) is 0. The Balaban J connectivity index is 1.86. The molecule has 1 unspecified atom stereocenters. The molecule has 0 amide bonds. The zero-order valence-electron chi connectivity index (χ0n) is 11.1. The summed E-state index contributed by atoms with van der Waals surface area (Å²) < 4.78 is 5.35. The summed E-state index contributed by atoms with van der Waals surface area (Å²) in [4.78, 5) is 5.64. The Bertz CT molecular complexity index is 674. The molecule has 0 aliphatic carbocycles. The first kappa shape index (κ1) is 13.0. The molecule has 3 rings (SSSR count). The lowest BCUT2D eigenvalue weighted by atomic mass is 9.93. The fourth-order valence-corrected chi connectivity index (χ4v) is 2.72. The lowest BCUT2D eigenvalue weighted by molar-refractivity contribution is 0.323. The van der Waals surface area contributed by atoms with Gasteiger partial charge in [0.1, 0.15) is 5.54 Å². The summed E-state index contributed by atoms with van der Waals surface area (Å²) in [6, 6.07) is 13.8. The molecule has 5 heteroatoms. The second-order valence-corrected chi connectivity index (χ2v) is 5.87. The van der Waals surface area contributed by atoms with Crippen molar-refractivity contribution < 1.29 is 4.52 Å². The van der Waals surface area contributed by atoms with E-state index in [1.165, 1.54) is 4.88 Å². The van der Waals surface area contributed by atoms with Gasteiger partial charge in [-0.1, -0.05) is 41.6 Å². The van der Waals surface area contributed by atoms with E-state index in [-0.39, 0.29) is 0 Å². The second kappa shape index (κ2) is 5.19. The summed E-state index contributed by atoms with van der Waals surface area (Å²) >= 11 is 1.68. The molecule has 0 aliphatic rings.